The van der Waals surface area contributed by atoms with Crippen LogP contribution in [0.1, 0.15) is 35.8 Å². The van der Waals surface area contributed by atoms with Crippen LogP contribution in [0.15, 0.2) is 54.6 Å². The zero-order valence-corrected chi connectivity index (χ0v) is 18.6. The van der Waals surface area contributed by atoms with E-state index in [0.717, 1.165) is 58.2 Å². The maximum absolute atomic E-state index is 13.2. The molecule has 0 radical (unpaired) electrons. The van der Waals surface area contributed by atoms with Crippen LogP contribution in [0.3, 0.4) is 0 Å². The Balaban J connectivity index is 1.32. The second-order valence-electron chi connectivity index (χ2n) is 8.01. The van der Waals surface area contributed by atoms with E-state index in [1.807, 2.05) is 66.4 Å². The number of benzene rings is 1. The number of fused-ring (bicyclic) bond motifs is 1. The number of aryl methyl sites for hydroxylation is 1. The molecule has 4 aromatic rings. The molecule has 0 spiro atoms. The van der Waals surface area contributed by atoms with Crippen LogP contribution < -0.4 is 11.1 Å². The molecule has 1 atom stereocenters. The van der Waals surface area contributed by atoms with Gasteiger partial charge in [-0.2, -0.15) is 0 Å². The molecule has 1 aliphatic heterocycles. The van der Waals surface area contributed by atoms with Crippen LogP contribution >= 0.6 is 11.3 Å². The highest BCUT2D eigenvalue weighted by atomic mass is 32.1. The van der Waals surface area contributed by atoms with E-state index in [9.17, 15) is 4.79 Å². The van der Waals surface area contributed by atoms with E-state index in [2.05, 4.69) is 15.3 Å². The van der Waals surface area contributed by atoms with Gasteiger partial charge in [0.15, 0.2) is 5.13 Å². The van der Waals surface area contributed by atoms with Crippen molar-refractivity contribution in [2.24, 2.45) is 0 Å². The number of pyridine rings is 2. The molecule has 1 aromatic carbocycles. The molecule has 1 fully saturated rings. The lowest BCUT2D eigenvalue weighted by Gasteiger charge is -2.25. The number of amides is 1. The fourth-order valence-corrected chi connectivity index (χ4v) is 4.99. The van der Waals surface area contributed by atoms with E-state index in [-0.39, 0.29) is 11.9 Å². The van der Waals surface area contributed by atoms with Gasteiger partial charge in [0.25, 0.3) is 0 Å². The zero-order chi connectivity index (χ0) is 22.1. The predicted molar refractivity (Wildman–Crippen MR) is 128 cm³/mol. The van der Waals surface area contributed by atoms with Gasteiger partial charge in [-0.25, -0.2) is 15.0 Å². The Labute approximate surface area is 190 Å². The summed E-state index contributed by atoms with van der Waals surface area (Å²) in [6.07, 6.45) is 2.24. The van der Waals surface area contributed by atoms with E-state index in [1.165, 1.54) is 11.3 Å². The Bertz CT molecular complexity index is 1290. The average molecular weight is 445 g/mol. The molecule has 7 nitrogen and oxygen atoms in total. The van der Waals surface area contributed by atoms with Crippen molar-refractivity contribution in [1.29, 1.82) is 0 Å². The summed E-state index contributed by atoms with van der Waals surface area (Å²) in [7, 11) is 0. The van der Waals surface area contributed by atoms with Crippen LogP contribution in [0.25, 0.3) is 10.2 Å². The lowest BCUT2D eigenvalue weighted by atomic mass is 10.1. The second kappa shape index (κ2) is 8.55. The highest BCUT2D eigenvalue weighted by molar-refractivity contribution is 7.22. The molecule has 4 heterocycles. The van der Waals surface area contributed by atoms with Gasteiger partial charge in [-0.1, -0.05) is 29.5 Å². The highest BCUT2D eigenvalue weighted by Crippen LogP contribution is 2.32. The Morgan fingerprint density at radius 1 is 1.12 bits per heavy atom. The van der Waals surface area contributed by atoms with Crippen LogP contribution in [0.4, 0.5) is 16.8 Å². The van der Waals surface area contributed by atoms with Crippen molar-refractivity contribution < 1.29 is 4.79 Å². The van der Waals surface area contributed by atoms with E-state index >= 15 is 0 Å². The van der Waals surface area contributed by atoms with Crippen molar-refractivity contribution in [2.45, 2.75) is 32.2 Å². The van der Waals surface area contributed by atoms with Crippen molar-refractivity contribution in [1.82, 2.24) is 19.9 Å². The average Bonchev–Trinajstić information content (AvgIpc) is 3.40. The fourth-order valence-electron chi connectivity index (χ4n) is 4.20. The molecule has 3 aromatic heterocycles. The van der Waals surface area contributed by atoms with Gasteiger partial charge in [0.05, 0.1) is 28.4 Å². The second-order valence-corrected chi connectivity index (χ2v) is 9.08. The first kappa shape index (κ1) is 20.4. The van der Waals surface area contributed by atoms with Gasteiger partial charge in [-0.15, -0.1) is 0 Å². The summed E-state index contributed by atoms with van der Waals surface area (Å²) in [5.41, 5.74) is 9.50. The summed E-state index contributed by atoms with van der Waals surface area (Å²) in [6.45, 7) is 2.71. The number of anilines is 3. The van der Waals surface area contributed by atoms with Crippen LogP contribution in [-0.4, -0.2) is 32.3 Å². The van der Waals surface area contributed by atoms with Crippen LogP contribution in [0, 0.1) is 6.92 Å². The molecule has 32 heavy (non-hydrogen) atoms. The molecular weight excluding hydrogens is 420 g/mol. The number of thiazole rings is 1. The first-order valence-electron chi connectivity index (χ1n) is 10.7. The van der Waals surface area contributed by atoms with Crippen molar-refractivity contribution in [2.75, 3.05) is 17.6 Å². The lowest BCUT2D eigenvalue weighted by Crippen LogP contribution is -2.32. The van der Waals surface area contributed by atoms with Gasteiger partial charge < -0.3 is 16.0 Å². The molecule has 1 amide bonds. The summed E-state index contributed by atoms with van der Waals surface area (Å²) in [5, 5.41) is 3.82. The smallest absolute Gasteiger partial charge is 0.227 e. The lowest BCUT2D eigenvalue weighted by molar-refractivity contribution is -0.131. The summed E-state index contributed by atoms with van der Waals surface area (Å²) in [6, 6.07) is 17.6. The molecule has 1 saturated heterocycles. The normalized spacial score (nSPS) is 15.9. The molecule has 162 valence electrons. The van der Waals surface area contributed by atoms with E-state index < -0.39 is 0 Å². The maximum Gasteiger partial charge on any atom is 0.227 e. The van der Waals surface area contributed by atoms with Gasteiger partial charge >= 0.3 is 0 Å². The van der Waals surface area contributed by atoms with Crippen molar-refractivity contribution >= 4 is 44.2 Å². The first-order valence-corrected chi connectivity index (χ1v) is 11.5. The van der Waals surface area contributed by atoms with Crippen molar-refractivity contribution in [3.8, 4) is 0 Å². The number of nitrogens with one attached hydrogen (secondary N) is 1. The number of carbonyl (C=O) groups excluding carboxylic acids is 1. The number of hydrogen-bond acceptors (Lipinski definition) is 7. The van der Waals surface area contributed by atoms with Crippen LogP contribution in [0.5, 0.6) is 0 Å². The minimum Gasteiger partial charge on any atom is -0.375 e. The molecule has 0 saturated carbocycles. The zero-order valence-electron chi connectivity index (χ0n) is 17.8. The molecule has 1 unspecified atom stereocenters. The first-order chi connectivity index (χ1) is 15.5. The minimum absolute atomic E-state index is 0.0162. The summed E-state index contributed by atoms with van der Waals surface area (Å²) in [4.78, 5) is 28.7. The number of hydrogen-bond donors (Lipinski definition) is 2. The number of aromatic nitrogens is 3. The molecule has 0 aliphatic carbocycles. The van der Waals surface area contributed by atoms with Crippen LogP contribution in [0.2, 0.25) is 0 Å². The predicted octanol–water partition coefficient (Wildman–Crippen LogP) is 4.63. The van der Waals surface area contributed by atoms with Crippen LogP contribution in [-0.2, 0) is 11.2 Å². The maximum atomic E-state index is 13.2. The topological polar surface area (TPSA) is 97.0 Å². The minimum atomic E-state index is -0.0162. The molecule has 3 N–H and O–H groups in total. The quantitative estimate of drug-likeness (QED) is 0.466. The van der Waals surface area contributed by atoms with Gasteiger partial charge in [-0.05, 0) is 61.7 Å². The Hall–Kier alpha value is -3.52. The van der Waals surface area contributed by atoms with Gasteiger partial charge in [0.1, 0.15) is 11.6 Å². The SMILES string of the molecule is Cc1cccc(Nc2cccc(C3CCCN3C(=O)Cc3ccc4nc(N)sc4c3)n2)n1. The largest absolute Gasteiger partial charge is 0.375 e. The Morgan fingerprint density at radius 3 is 2.78 bits per heavy atom. The van der Waals surface area contributed by atoms with E-state index in [4.69, 9.17) is 10.7 Å². The van der Waals surface area contributed by atoms with Gasteiger partial charge in [-0.3, -0.25) is 4.79 Å². The number of carbonyl (C=O) groups is 1. The summed E-state index contributed by atoms with van der Waals surface area (Å²) >= 11 is 1.45. The number of rotatable bonds is 5. The third kappa shape index (κ3) is 4.27. The van der Waals surface area contributed by atoms with Crippen molar-refractivity contribution in [3.05, 3.63) is 71.5 Å². The number of nitrogens with zero attached hydrogens (tertiary/aromatic N) is 4. The highest BCUT2D eigenvalue weighted by Gasteiger charge is 2.31. The summed E-state index contributed by atoms with van der Waals surface area (Å²) < 4.78 is 1.01. The van der Waals surface area contributed by atoms with Crippen molar-refractivity contribution in [3.63, 3.8) is 0 Å². The summed E-state index contributed by atoms with van der Waals surface area (Å²) in [5.74, 6) is 1.60. The Morgan fingerprint density at radius 2 is 1.94 bits per heavy atom. The number of likely N-dealkylation sites (tertiary alicyclic amines) is 1. The molecule has 8 heteroatoms. The van der Waals surface area contributed by atoms with E-state index in [0.29, 0.717) is 11.6 Å². The van der Waals surface area contributed by atoms with Gasteiger partial charge in [0, 0.05) is 12.2 Å². The number of nitrogen functional groups attached to an aromatic ring is 1. The fraction of sp³-hybridized carbons (Fsp3) is 0.250. The molecule has 1 aliphatic rings. The molecular formula is C24H24N6OS. The Kier molecular flexibility index (Phi) is 5.45. The monoisotopic (exact) mass is 444 g/mol. The molecule has 0 bridgehead atoms. The van der Waals surface area contributed by atoms with E-state index in [1.54, 1.807) is 0 Å². The third-order valence-corrected chi connectivity index (χ3v) is 6.50. The molecule has 5 rings (SSSR count). The van der Waals surface area contributed by atoms with Gasteiger partial charge in [0.2, 0.25) is 5.91 Å². The third-order valence-electron chi connectivity index (χ3n) is 5.65. The number of nitrogens with two attached hydrogens (primary N) is 1. The standard InChI is InChI=1S/C24H24N6OS/c1-15-5-2-8-21(26-15)29-22-9-3-6-17(27-22)19-7-4-12-30(19)23(31)14-16-10-11-18-20(13-16)32-24(25)28-18/h2-3,5-6,8-11,13,19H,4,7,12,14H2,1H3,(H2,25,28)(H,26,27,29).